The molecule has 1 heterocycles. The van der Waals surface area contributed by atoms with Gasteiger partial charge in [0.2, 0.25) is 0 Å². The molecule has 1 aliphatic rings. The van der Waals surface area contributed by atoms with E-state index >= 15 is 0 Å². The van der Waals surface area contributed by atoms with Gasteiger partial charge in [0.15, 0.2) is 5.96 Å². The van der Waals surface area contributed by atoms with Crippen molar-refractivity contribution in [2.24, 2.45) is 4.99 Å². The normalized spacial score (nSPS) is 15.7. The zero-order valence-electron chi connectivity index (χ0n) is 20.3. The third-order valence-corrected chi connectivity index (χ3v) is 6.58. The van der Waals surface area contributed by atoms with Crippen molar-refractivity contribution in [1.29, 1.82) is 0 Å². The highest BCUT2D eigenvalue weighted by atomic mass is 32.1. The van der Waals surface area contributed by atoms with Gasteiger partial charge in [0.05, 0.1) is 16.7 Å². The summed E-state index contributed by atoms with van der Waals surface area (Å²) in [5.74, 6) is 0.653. The van der Waals surface area contributed by atoms with Crippen molar-refractivity contribution in [3.63, 3.8) is 0 Å². The number of aliphatic imine (C=N–C) groups is 1. The number of aliphatic hydroxyl groups excluding tert-OH is 1. The molecule has 34 heavy (non-hydrogen) atoms. The summed E-state index contributed by atoms with van der Waals surface area (Å²) in [5.41, 5.74) is 7.59. The number of nitrogens with one attached hydrogen (secondary N) is 3. The quantitative estimate of drug-likeness (QED) is 0.179. The Labute approximate surface area is 206 Å². The van der Waals surface area contributed by atoms with Gasteiger partial charge < -0.3 is 21.1 Å². The zero-order chi connectivity index (χ0) is 24.2. The highest BCUT2D eigenvalue weighted by Gasteiger charge is 2.15. The lowest BCUT2D eigenvalue weighted by molar-refractivity contribution is 0.181. The lowest BCUT2D eigenvalue weighted by atomic mass is 10.1. The van der Waals surface area contributed by atoms with Gasteiger partial charge in [-0.3, -0.25) is 4.99 Å². The second-order valence-electron chi connectivity index (χ2n) is 8.11. The van der Waals surface area contributed by atoms with E-state index in [1.165, 1.54) is 11.1 Å². The third kappa shape index (κ3) is 7.54. The van der Waals surface area contributed by atoms with Gasteiger partial charge in [0, 0.05) is 38.7 Å². The molecular formula is C27H35N5OS. The summed E-state index contributed by atoms with van der Waals surface area (Å²) in [7, 11) is 1.74. The number of aliphatic hydroxyl groups is 1. The standard InChI is InChI=1S/C27H35N5OS/c1-4-16-29-18-22(26-32-23-14-10-5-6-11-15-25(23)34-26)20(2)17-30-27(28-3)31-19-24(33)21-12-8-7-9-13-21/h5-10,12-13,15,24,29,33H,4,14,16-19H2,1-3H3,(H2,28,30,31)/b10-5-,22-20+. The smallest absolute Gasteiger partial charge is 0.191 e. The maximum atomic E-state index is 10.4. The number of benzene rings is 1. The van der Waals surface area contributed by atoms with Gasteiger partial charge in [-0.15, -0.1) is 17.1 Å². The van der Waals surface area contributed by atoms with Gasteiger partial charge in [-0.05, 0) is 43.2 Å². The molecule has 0 bridgehead atoms. The van der Waals surface area contributed by atoms with E-state index in [1.54, 1.807) is 18.4 Å². The second-order valence-corrected chi connectivity index (χ2v) is 9.14. The van der Waals surface area contributed by atoms with Crippen LogP contribution in [0.4, 0.5) is 0 Å². The van der Waals surface area contributed by atoms with Crippen LogP contribution in [0.3, 0.4) is 0 Å². The Morgan fingerprint density at radius 3 is 2.82 bits per heavy atom. The topological polar surface area (TPSA) is 81.6 Å². The summed E-state index contributed by atoms with van der Waals surface area (Å²) in [4.78, 5) is 10.4. The molecule has 7 heteroatoms. The minimum Gasteiger partial charge on any atom is -0.387 e. The number of fused-ring (bicyclic) bond motifs is 1. The van der Waals surface area contributed by atoms with Gasteiger partial charge in [0.25, 0.3) is 0 Å². The minimum atomic E-state index is -0.601. The predicted octanol–water partition coefficient (Wildman–Crippen LogP) is 4.10. The van der Waals surface area contributed by atoms with Gasteiger partial charge in [-0.1, -0.05) is 49.4 Å². The Hall–Kier alpha value is -2.96. The first-order valence-electron chi connectivity index (χ1n) is 11.8. The van der Waals surface area contributed by atoms with E-state index in [4.69, 9.17) is 4.98 Å². The molecule has 1 atom stereocenters. The summed E-state index contributed by atoms with van der Waals surface area (Å²) in [6.07, 6.45) is 9.40. The molecule has 1 aromatic carbocycles. The van der Waals surface area contributed by atoms with E-state index in [2.05, 4.69) is 46.6 Å². The average Bonchev–Trinajstić information content (AvgIpc) is 3.23. The van der Waals surface area contributed by atoms with Gasteiger partial charge >= 0.3 is 0 Å². The minimum absolute atomic E-state index is 0.379. The molecule has 0 saturated carbocycles. The van der Waals surface area contributed by atoms with E-state index in [-0.39, 0.29) is 0 Å². The number of thiazole rings is 1. The molecule has 0 fully saturated rings. The first-order chi connectivity index (χ1) is 16.6. The van der Waals surface area contributed by atoms with Crippen molar-refractivity contribution in [2.45, 2.75) is 32.8 Å². The van der Waals surface area contributed by atoms with Crippen LogP contribution in [0.5, 0.6) is 0 Å². The summed E-state index contributed by atoms with van der Waals surface area (Å²) < 4.78 is 0. The molecule has 4 N–H and O–H groups in total. The van der Waals surface area contributed by atoms with E-state index in [0.717, 1.165) is 47.1 Å². The van der Waals surface area contributed by atoms with Crippen LogP contribution in [-0.4, -0.2) is 49.3 Å². The van der Waals surface area contributed by atoms with E-state index in [9.17, 15) is 5.11 Å². The number of hydrogen-bond donors (Lipinski definition) is 4. The second kappa shape index (κ2) is 13.7. The van der Waals surface area contributed by atoms with Crippen molar-refractivity contribution in [2.75, 3.05) is 33.2 Å². The van der Waals surface area contributed by atoms with Crippen molar-refractivity contribution in [1.82, 2.24) is 20.9 Å². The first-order valence-corrected chi connectivity index (χ1v) is 12.6. The Balaban J connectivity index is 1.70. The number of aromatic nitrogens is 1. The van der Waals surface area contributed by atoms with Crippen LogP contribution in [0.15, 0.2) is 64.9 Å². The van der Waals surface area contributed by atoms with Crippen LogP contribution in [-0.2, 0) is 6.42 Å². The summed E-state index contributed by atoms with van der Waals surface area (Å²) in [5, 5.41) is 21.6. The summed E-state index contributed by atoms with van der Waals surface area (Å²) in [6, 6.07) is 9.64. The maximum absolute atomic E-state index is 10.4. The van der Waals surface area contributed by atoms with Gasteiger partial charge in [0.1, 0.15) is 5.01 Å². The molecule has 3 rings (SSSR count). The molecule has 2 aromatic rings. The third-order valence-electron chi connectivity index (χ3n) is 5.48. The molecule has 0 spiro atoms. The van der Waals surface area contributed by atoms with Crippen molar-refractivity contribution < 1.29 is 5.11 Å². The lowest BCUT2D eigenvalue weighted by Gasteiger charge is -2.17. The number of guanidine groups is 1. The number of hydrogen-bond acceptors (Lipinski definition) is 5. The number of allylic oxidation sites excluding steroid dienone is 3. The first kappa shape index (κ1) is 25.7. The van der Waals surface area contributed by atoms with Crippen LogP contribution in [0.25, 0.3) is 11.6 Å². The Kier molecular flexibility index (Phi) is 10.3. The molecule has 0 aliphatic heterocycles. The SMILES string of the molecule is CCCNC/C(=C(/C)CNC(=NC)NCC(O)c1ccccc1)c1nc2c(s1)C=C=C/C=C\C2. The van der Waals surface area contributed by atoms with E-state index in [0.29, 0.717) is 19.0 Å². The fourth-order valence-electron chi connectivity index (χ4n) is 3.51. The van der Waals surface area contributed by atoms with Crippen LogP contribution in [0, 0.1) is 0 Å². The highest BCUT2D eigenvalue weighted by Crippen LogP contribution is 2.28. The van der Waals surface area contributed by atoms with E-state index in [1.807, 2.05) is 48.6 Å². The molecule has 0 saturated heterocycles. The van der Waals surface area contributed by atoms with Gasteiger partial charge in [-0.2, -0.15) is 0 Å². The van der Waals surface area contributed by atoms with Crippen molar-refractivity contribution in [3.8, 4) is 0 Å². The number of nitrogens with zero attached hydrogens (tertiary/aromatic N) is 2. The van der Waals surface area contributed by atoms with Crippen molar-refractivity contribution in [3.05, 3.63) is 81.0 Å². The Morgan fingerprint density at radius 1 is 1.24 bits per heavy atom. The molecule has 180 valence electrons. The molecule has 6 nitrogen and oxygen atoms in total. The van der Waals surface area contributed by atoms with Crippen LogP contribution >= 0.6 is 11.3 Å². The Bertz CT molecular complexity index is 1080. The number of rotatable bonds is 10. The van der Waals surface area contributed by atoms with E-state index < -0.39 is 6.10 Å². The average molecular weight is 478 g/mol. The molecule has 1 aliphatic carbocycles. The monoisotopic (exact) mass is 477 g/mol. The van der Waals surface area contributed by atoms with Crippen molar-refractivity contribution >= 4 is 28.9 Å². The highest BCUT2D eigenvalue weighted by molar-refractivity contribution is 7.13. The van der Waals surface area contributed by atoms with Crippen LogP contribution < -0.4 is 16.0 Å². The maximum Gasteiger partial charge on any atom is 0.191 e. The molecule has 0 amide bonds. The molecular weight excluding hydrogens is 442 g/mol. The summed E-state index contributed by atoms with van der Waals surface area (Å²) in [6.45, 7) is 7.04. The Morgan fingerprint density at radius 2 is 2.06 bits per heavy atom. The molecule has 1 unspecified atom stereocenters. The largest absolute Gasteiger partial charge is 0.387 e. The molecule has 0 radical (unpaired) electrons. The fraction of sp³-hybridized carbons (Fsp3) is 0.370. The van der Waals surface area contributed by atoms with Crippen LogP contribution in [0.2, 0.25) is 0 Å². The van der Waals surface area contributed by atoms with Crippen LogP contribution in [0.1, 0.15) is 47.5 Å². The zero-order valence-corrected chi connectivity index (χ0v) is 21.1. The fourth-order valence-corrected chi connectivity index (χ4v) is 4.62. The van der Waals surface area contributed by atoms with Gasteiger partial charge in [-0.25, -0.2) is 4.98 Å². The molecule has 1 aromatic heterocycles. The predicted molar refractivity (Wildman–Crippen MR) is 144 cm³/mol. The summed E-state index contributed by atoms with van der Waals surface area (Å²) >= 11 is 1.72. The lowest BCUT2D eigenvalue weighted by Crippen LogP contribution is -2.40.